The molecule has 1 fully saturated rings. The molecule has 1 saturated heterocycles. The first-order valence-electron chi connectivity index (χ1n) is 16.4. The number of aromatic amines is 1. The Labute approximate surface area is 296 Å². The Bertz CT molecular complexity index is 2230. The molecule has 3 N–H and O–H groups in total. The number of anilines is 3. The summed E-state index contributed by atoms with van der Waals surface area (Å²) < 4.78 is 45.4. The smallest absolute Gasteiger partial charge is 0.416 e. The van der Waals surface area contributed by atoms with Gasteiger partial charge >= 0.3 is 6.18 Å². The predicted molar refractivity (Wildman–Crippen MR) is 189 cm³/mol. The first kappa shape index (κ1) is 34.0. The van der Waals surface area contributed by atoms with Crippen molar-refractivity contribution in [1.29, 1.82) is 0 Å². The normalized spacial score (nSPS) is 15.0. The second-order valence-electron chi connectivity index (χ2n) is 12.4. The number of carbonyl (C=O) groups is 3. The second kappa shape index (κ2) is 13.7. The minimum absolute atomic E-state index is 0.0816. The van der Waals surface area contributed by atoms with Crippen LogP contribution in [0, 0.1) is 13.8 Å². The monoisotopic (exact) mass is 707 g/mol. The molecule has 2 aliphatic rings. The first-order chi connectivity index (χ1) is 24.9. The number of benzene rings is 3. The SMILES string of the molecule is Cc1[nH]c(/C=C2\C(=O)Nc3cc(Oc4cccc(NC(=O)c5cccc(C(F)(F)F)c5)c4)ccc32)c(C)c1C(=O)N1CCN(c2ncccn2)CC1. The van der Waals surface area contributed by atoms with Gasteiger partial charge in [0.2, 0.25) is 5.95 Å². The van der Waals surface area contributed by atoms with Crippen LogP contribution in [-0.4, -0.2) is 63.8 Å². The van der Waals surface area contributed by atoms with Crippen molar-refractivity contribution in [2.45, 2.75) is 20.0 Å². The predicted octanol–water partition coefficient (Wildman–Crippen LogP) is 6.94. The highest BCUT2D eigenvalue weighted by molar-refractivity contribution is 6.35. The Hall–Kier alpha value is -6.44. The van der Waals surface area contributed by atoms with Crippen molar-refractivity contribution in [2.24, 2.45) is 0 Å². The van der Waals surface area contributed by atoms with Gasteiger partial charge in [-0.3, -0.25) is 14.4 Å². The molecule has 3 aromatic carbocycles. The van der Waals surface area contributed by atoms with Gasteiger partial charge in [-0.05, 0) is 74.0 Å². The highest BCUT2D eigenvalue weighted by Crippen LogP contribution is 2.38. The second-order valence-corrected chi connectivity index (χ2v) is 12.4. The Morgan fingerprint density at radius 3 is 2.38 bits per heavy atom. The molecule has 7 rings (SSSR count). The zero-order valence-corrected chi connectivity index (χ0v) is 28.0. The summed E-state index contributed by atoms with van der Waals surface area (Å²) >= 11 is 0. The number of carbonyl (C=O) groups excluding carboxylic acids is 3. The van der Waals surface area contributed by atoms with Crippen LogP contribution in [0.25, 0.3) is 11.6 Å². The lowest BCUT2D eigenvalue weighted by atomic mass is 10.0. The summed E-state index contributed by atoms with van der Waals surface area (Å²) in [4.78, 5) is 55.3. The highest BCUT2D eigenvalue weighted by atomic mass is 19.4. The largest absolute Gasteiger partial charge is 0.457 e. The molecule has 52 heavy (non-hydrogen) atoms. The molecule has 5 aromatic rings. The van der Waals surface area contributed by atoms with Gasteiger partial charge in [0.25, 0.3) is 17.7 Å². The van der Waals surface area contributed by atoms with E-state index in [4.69, 9.17) is 4.74 Å². The summed E-state index contributed by atoms with van der Waals surface area (Å²) in [5.74, 6) is 0.295. The molecule has 0 bridgehead atoms. The fraction of sp³-hybridized carbons (Fsp3) is 0.184. The lowest BCUT2D eigenvalue weighted by Crippen LogP contribution is -2.49. The zero-order chi connectivity index (χ0) is 36.6. The maximum atomic E-state index is 13.7. The van der Waals surface area contributed by atoms with Crippen molar-refractivity contribution in [1.82, 2.24) is 19.9 Å². The average Bonchev–Trinajstić information content (AvgIpc) is 3.60. The molecule has 0 spiro atoms. The maximum Gasteiger partial charge on any atom is 0.416 e. The van der Waals surface area contributed by atoms with Crippen molar-refractivity contribution >= 4 is 46.7 Å². The van der Waals surface area contributed by atoms with E-state index in [0.29, 0.717) is 83.1 Å². The summed E-state index contributed by atoms with van der Waals surface area (Å²) in [6.45, 7) is 5.98. The maximum absolute atomic E-state index is 13.7. The summed E-state index contributed by atoms with van der Waals surface area (Å²) in [7, 11) is 0. The average molecular weight is 708 g/mol. The van der Waals surface area contributed by atoms with E-state index in [-0.39, 0.29) is 17.4 Å². The van der Waals surface area contributed by atoms with Crippen LogP contribution in [0.4, 0.5) is 30.5 Å². The fourth-order valence-electron chi connectivity index (χ4n) is 6.30. The van der Waals surface area contributed by atoms with Crippen LogP contribution in [0.5, 0.6) is 11.5 Å². The quantitative estimate of drug-likeness (QED) is 0.156. The van der Waals surface area contributed by atoms with Gasteiger partial charge in [-0.25, -0.2) is 9.97 Å². The summed E-state index contributed by atoms with van der Waals surface area (Å²) in [6, 6.07) is 17.5. The molecule has 0 saturated carbocycles. The van der Waals surface area contributed by atoms with Gasteiger partial charge in [0.15, 0.2) is 0 Å². The van der Waals surface area contributed by atoms with Crippen molar-refractivity contribution in [3.8, 4) is 11.5 Å². The minimum atomic E-state index is -4.57. The van der Waals surface area contributed by atoms with E-state index in [9.17, 15) is 27.6 Å². The number of piperazine rings is 1. The number of amides is 3. The number of rotatable bonds is 7. The molecular formula is C38H32F3N7O4. The lowest BCUT2D eigenvalue weighted by Gasteiger charge is -2.34. The van der Waals surface area contributed by atoms with Crippen LogP contribution in [-0.2, 0) is 11.0 Å². The number of alkyl halides is 3. The third-order valence-corrected chi connectivity index (χ3v) is 8.93. The zero-order valence-electron chi connectivity index (χ0n) is 28.0. The molecule has 14 heteroatoms. The number of nitrogens with zero attached hydrogens (tertiary/aromatic N) is 4. The topological polar surface area (TPSA) is 133 Å². The number of aromatic nitrogens is 3. The van der Waals surface area contributed by atoms with Crippen LogP contribution in [0.1, 0.15) is 48.8 Å². The van der Waals surface area contributed by atoms with Crippen molar-refractivity contribution < 1.29 is 32.3 Å². The number of halogens is 3. The Balaban J connectivity index is 1.04. The Kier molecular flexibility index (Phi) is 8.97. The minimum Gasteiger partial charge on any atom is -0.457 e. The van der Waals surface area contributed by atoms with Gasteiger partial charge in [-0.2, -0.15) is 13.2 Å². The summed E-state index contributed by atoms with van der Waals surface area (Å²) in [5.41, 5.74) is 3.53. The van der Waals surface area contributed by atoms with E-state index in [1.54, 1.807) is 60.9 Å². The molecule has 3 amide bonds. The van der Waals surface area contributed by atoms with E-state index >= 15 is 0 Å². The number of nitrogens with one attached hydrogen (secondary N) is 3. The van der Waals surface area contributed by atoms with Gasteiger partial charge in [0.05, 0.1) is 22.4 Å². The molecule has 2 aliphatic heterocycles. The van der Waals surface area contributed by atoms with Gasteiger partial charge in [0.1, 0.15) is 11.5 Å². The van der Waals surface area contributed by atoms with Gasteiger partial charge in [0, 0.05) is 78.9 Å². The molecule has 0 atom stereocenters. The number of ether oxygens (including phenoxy) is 1. The van der Waals surface area contributed by atoms with E-state index in [1.807, 2.05) is 23.6 Å². The van der Waals surface area contributed by atoms with Crippen LogP contribution in [0.2, 0.25) is 0 Å². The van der Waals surface area contributed by atoms with Gasteiger partial charge < -0.3 is 30.2 Å². The molecule has 2 aromatic heterocycles. The van der Waals surface area contributed by atoms with Crippen molar-refractivity contribution in [3.63, 3.8) is 0 Å². The van der Waals surface area contributed by atoms with Crippen LogP contribution < -0.4 is 20.3 Å². The number of aryl methyl sites for hydroxylation is 1. The van der Waals surface area contributed by atoms with Gasteiger partial charge in [-0.15, -0.1) is 0 Å². The number of hydrogen-bond donors (Lipinski definition) is 3. The molecular weight excluding hydrogens is 675 g/mol. The standard InChI is InChI=1S/C38H32F3N7O4/c1-22-31(44-23(2)33(22)36(51)47-14-16-48(17-15-47)37-42-12-5-13-43-37)21-30-29-11-10-28(20-32(29)46-35(30)50)52-27-9-4-8-26(19-27)45-34(49)24-6-3-7-25(18-24)38(39,40)41/h3-13,18-21,44H,14-17H2,1-2H3,(H,45,49)(H,46,50)/b30-21-. The lowest BCUT2D eigenvalue weighted by molar-refractivity contribution is -0.137. The fourth-order valence-corrected chi connectivity index (χ4v) is 6.30. The Morgan fingerprint density at radius 1 is 0.904 bits per heavy atom. The number of hydrogen-bond acceptors (Lipinski definition) is 7. The van der Waals surface area contributed by atoms with E-state index < -0.39 is 17.6 Å². The molecule has 11 nitrogen and oxygen atoms in total. The van der Waals surface area contributed by atoms with Crippen LogP contribution in [0.3, 0.4) is 0 Å². The molecule has 4 heterocycles. The van der Waals surface area contributed by atoms with E-state index in [2.05, 4.69) is 25.6 Å². The molecule has 264 valence electrons. The van der Waals surface area contributed by atoms with Crippen LogP contribution in [0.15, 0.2) is 85.2 Å². The molecule has 0 radical (unpaired) electrons. The van der Waals surface area contributed by atoms with E-state index in [1.165, 1.54) is 18.2 Å². The van der Waals surface area contributed by atoms with Gasteiger partial charge in [-0.1, -0.05) is 12.1 Å². The Morgan fingerprint density at radius 2 is 1.63 bits per heavy atom. The first-order valence-corrected chi connectivity index (χ1v) is 16.4. The number of fused-ring (bicyclic) bond motifs is 1. The number of H-pyrrole nitrogens is 1. The van der Waals surface area contributed by atoms with E-state index in [0.717, 1.165) is 17.7 Å². The summed E-state index contributed by atoms with van der Waals surface area (Å²) in [5, 5.41) is 5.47. The third-order valence-electron chi connectivity index (χ3n) is 8.93. The third kappa shape index (κ3) is 6.95. The molecule has 0 unspecified atom stereocenters. The van der Waals surface area contributed by atoms with Crippen LogP contribution >= 0.6 is 0 Å². The molecule has 0 aliphatic carbocycles. The van der Waals surface area contributed by atoms with Crippen molar-refractivity contribution in [2.75, 3.05) is 41.7 Å². The summed E-state index contributed by atoms with van der Waals surface area (Å²) in [6.07, 6.45) is 0.557. The van der Waals surface area contributed by atoms with Crippen molar-refractivity contribution in [3.05, 3.63) is 124 Å². The highest BCUT2D eigenvalue weighted by Gasteiger charge is 2.31.